The first-order chi connectivity index (χ1) is 20.3. The molecule has 0 bridgehead atoms. The molecule has 2 fully saturated rings. The Kier molecular flexibility index (Phi) is 8.34. The van der Waals surface area contributed by atoms with Crippen LogP contribution in [0.2, 0.25) is 0 Å². The van der Waals surface area contributed by atoms with Crippen LogP contribution < -0.4 is 5.43 Å². The number of rotatable bonds is 5. The number of aliphatic hydroxyl groups excluding tert-OH is 6. The zero-order valence-corrected chi connectivity index (χ0v) is 22.5. The lowest BCUT2D eigenvalue weighted by molar-refractivity contribution is -0.234. The van der Waals surface area contributed by atoms with Crippen molar-refractivity contribution in [1.29, 1.82) is 0 Å². The Hall–Kier alpha value is -3.80. The molecule has 3 heterocycles. The number of hydrogen-bond acceptors (Lipinski definition) is 15. The number of aliphatic hydroxyl groups is 6. The Labute approximate surface area is 242 Å². The number of fused-ring (bicyclic) bond motifs is 1. The van der Waals surface area contributed by atoms with Crippen LogP contribution in [-0.4, -0.2) is 108 Å². The highest BCUT2D eigenvalue weighted by Gasteiger charge is 2.49. The van der Waals surface area contributed by atoms with E-state index in [0.717, 1.165) is 13.0 Å². The summed E-state index contributed by atoms with van der Waals surface area (Å²) in [6.07, 6.45) is -15.9. The third kappa shape index (κ3) is 5.41. The van der Waals surface area contributed by atoms with E-state index in [1.54, 1.807) is 0 Å². The molecule has 0 spiro atoms. The van der Waals surface area contributed by atoms with E-state index in [4.69, 9.17) is 18.6 Å². The Morgan fingerprint density at radius 2 is 1.51 bits per heavy atom. The van der Waals surface area contributed by atoms with Crippen LogP contribution >= 0.6 is 0 Å². The van der Waals surface area contributed by atoms with Crippen molar-refractivity contribution in [3.8, 4) is 28.6 Å². The number of aromatic hydroxyl groups is 3. The van der Waals surface area contributed by atoms with Crippen molar-refractivity contribution in [3.05, 3.63) is 51.7 Å². The van der Waals surface area contributed by atoms with Crippen LogP contribution in [0.1, 0.15) is 30.3 Å². The van der Waals surface area contributed by atoms with E-state index in [1.807, 2.05) is 0 Å². The molecule has 232 valence electrons. The number of phenolic OH excluding ortho intramolecular Hbond substituents is 3. The molecule has 5 rings (SSSR count). The second kappa shape index (κ2) is 11.7. The number of ether oxygens (including phenoxy) is 3. The Balaban J connectivity index is 1.77. The SMILES string of the molecule is CC(=O)OC[C@H]1O[C@@H](c2c(O)c([C@H]3OC[C@@H](O)[C@@H](O)[C@H]3O)c(O)c3c(=O)cc(-c4ccc(O)cc4)oc23)[C@H](O)[C@@H](O)[C@@H]1O. The average molecular weight is 607 g/mol. The fraction of sp³-hybridized carbons (Fsp3) is 0.429. The van der Waals surface area contributed by atoms with Crippen molar-refractivity contribution in [2.24, 2.45) is 0 Å². The molecule has 15 nitrogen and oxygen atoms in total. The molecular formula is C28H30O15. The van der Waals surface area contributed by atoms with E-state index < -0.39 is 113 Å². The minimum atomic E-state index is -2.00. The number of phenols is 3. The molecule has 0 saturated carbocycles. The van der Waals surface area contributed by atoms with Crippen molar-refractivity contribution < 1.29 is 69.4 Å². The summed E-state index contributed by atoms with van der Waals surface area (Å²) in [4.78, 5) is 24.9. The van der Waals surface area contributed by atoms with E-state index in [2.05, 4.69) is 0 Å². The van der Waals surface area contributed by atoms with Gasteiger partial charge in [-0.2, -0.15) is 0 Å². The fourth-order valence-corrected chi connectivity index (χ4v) is 5.30. The maximum Gasteiger partial charge on any atom is 0.302 e. The van der Waals surface area contributed by atoms with Crippen molar-refractivity contribution in [2.75, 3.05) is 13.2 Å². The summed E-state index contributed by atoms with van der Waals surface area (Å²) in [5.41, 5.74) is -2.28. The van der Waals surface area contributed by atoms with Gasteiger partial charge in [0.25, 0.3) is 0 Å². The zero-order valence-electron chi connectivity index (χ0n) is 22.5. The normalized spacial score (nSPS) is 31.2. The first-order valence-electron chi connectivity index (χ1n) is 13.2. The van der Waals surface area contributed by atoms with Gasteiger partial charge in [-0.15, -0.1) is 0 Å². The summed E-state index contributed by atoms with van der Waals surface area (Å²) < 4.78 is 22.1. The average Bonchev–Trinajstić information content (AvgIpc) is 2.96. The van der Waals surface area contributed by atoms with Crippen LogP contribution in [0.5, 0.6) is 17.2 Å². The Morgan fingerprint density at radius 1 is 0.860 bits per heavy atom. The molecular weight excluding hydrogens is 576 g/mol. The molecule has 15 heteroatoms. The fourth-order valence-electron chi connectivity index (χ4n) is 5.30. The van der Waals surface area contributed by atoms with Crippen molar-refractivity contribution in [1.82, 2.24) is 0 Å². The summed E-state index contributed by atoms with van der Waals surface area (Å²) in [5, 5.41) is 95.0. The minimum absolute atomic E-state index is 0.0871. The highest BCUT2D eigenvalue weighted by atomic mass is 16.6. The minimum Gasteiger partial charge on any atom is -0.508 e. The third-order valence-electron chi connectivity index (χ3n) is 7.58. The third-order valence-corrected chi connectivity index (χ3v) is 7.58. The highest BCUT2D eigenvalue weighted by Crippen LogP contribution is 2.50. The lowest BCUT2D eigenvalue weighted by Gasteiger charge is -2.41. The monoisotopic (exact) mass is 606 g/mol. The number of carbonyl (C=O) groups excluding carboxylic acids is 1. The number of hydrogen-bond donors (Lipinski definition) is 9. The van der Waals surface area contributed by atoms with Crippen LogP contribution in [0.4, 0.5) is 0 Å². The first-order valence-corrected chi connectivity index (χ1v) is 13.2. The standard InChI is InChI=1S/C28H30O15/c1-9(29)40-8-15-20(34)23(37)25(39)28(43-15)18-22(36)17(27-24(38)19(33)13(32)7-41-27)21(35)16-12(31)6-14(42-26(16)18)10-2-4-11(30)5-3-10/h2-6,13,15,19-20,23-25,27-28,30,32-39H,7-8H2,1H3/t13-,15-,19-,20-,23+,24-,25-,27-,28+/m1/s1. The molecule has 3 aromatic rings. The molecule has 2 aliphatic rings. The second-order valence-electron chi connectivity index (χ2n) is 10.4. The van der Waals surface area contributed by atoms with Gasteiger partial charge in [-0.25, -0.2) is 0 Å². The molecule has 1 aromatic heterocycles. The van der Waals surface area contributed by atoms with E-state index in [1.165, 1.54) is 24.3 Å². The molecule has 9 atom stereocenters. The van der Waals surface area contributed by atoms with Crippen LogP contribution in [0.3, 0.4) is 0 Å². The van der Waals surface area contributed by atoms with Gasteiger partial charge < -0.3 is 64.6 Å². The van der Waals surface area contributed by atoms with E-state index in [-0.39, 0.29) is 17.1 Å². The second-order valence-corrected chi connectivity index (χ2v) is 10.4. The molecule has 0 unspecified atom stereocenters. The largest absolute Gasteiger partial charge is 0.508 e. The Bertz CT molecular complexity index is 1570. The summed E-state index contributed by atoms with van der Waals surface area (Å²) >= 11 is 0. The van der Waals surface area contributed by atoms with Crippen LogP contribution in [0.25, 0.3) is 22.3 Å². The highest BCUT2D eigenvalue weighted by molar-refractivity contribution is 5.92. The summed E-state index contributed by atoms with van der Waals surface area (Å²) in [6, 6.07) is 6.44. The molecule has 2 saturated heterocycles. The van der Waals surface area contributed by atoms with Gasteiger partial charge in [0.2, 0.25) is 0 Å². The van der Waals surface area contributed by atoms with Gasteiger partial charge in [0.15, 0.2) is 11.0 Å². The maximum absolute atomic E-state index is 13.5. The molecule has 0 radical (unpaired) electrons. The van der Waals surface area contributed by atoms with Crippen molar-refractivity contribution >= 4 is 16.9 Å². The lowest BCUT2D eigenvalue weighted by atomic mass is 9.85. The smallest absolute Gasteiger partial charge is 0.302 e. The van der Waals surface area contributed by atoms with Crippen LogP contribution in [-0.2, 0) is 19.0 Å². The summed E-state index contributed by atoms with van der Waals surface area (Å²) in [6.45, 7) is -0.0387. The van der Waals surface area contributed by atoms with Crippen molar-refractivity contribution in [2.45, 2.75) is 61.9 Å². The molecule has 2 aromatic carbocycles. The molecule has 9 N–H and O–H groups in total. The van der Waals surface area contributed by atoms with Gasteiger partial charge in [0.05, 0.1) is 17.7 Å². The van der Waals surface area contributed by atoms with Gasteiger partial charge in [0, 0.05) is 18.6 Å². The van der Waals surface area contributed by atoms with Crippen LogP contribution in [0, 0.1) is 0 Å². The molecule has 2 aliphatic heterocycles. The summed E-state index contributed by atoms with van der Waals surface area (Å²) in [7, 11) is 0. The Morgan fingerprint density at radius 3 is 2.16 bits per heavy atom. The van der Waals surface area contributed by atoms with E-state index in [9.17, 15) is 55.5 Å². The van der Waals surface area contributed by atoms with Gasteiger partial charge in [-0.1, -0.05) is 0 Å². The predicted molar refractivity (Wildman–Crippen MR) is 142 cm³/mol. The predicted octanol–water partition coefficient (Wildman–Crippen LogP) is -1.18. The van der Waals surface area contributed by atoms with E-state index >= 15 is 0 Å². The van der Waals surface area contributed by atoms with Gasteiger partial charge in [0.1, 0.15) is 89.9 Å². The van der Waals surface area contributed by atoms with Gasteiger partial charge in [-0.3, -0.25) is 9.59 Å². The summed E-state index contributed by atoms with van der Waals surface area (Å²) in [5.74, 6) is -2.81. The molecule has 0 aliphatic carbocycles. The molecule has 43 heavy (non-hydrogen) atoms. The number of carbonyl (C=O) groups is 1. The quantitative estimate of drug-likeness (QED) is 0.155. The van der Waals surface area contributed by atoms with Gasteiger partial charge >= 0.3 is 5.97 Å². The lowest BCUT2D eigenvalue weighted by Crippen LogP contribution is -2.55. The van der Waals surface area contributed by atoms with E-state index in [0.29, 0.717) is 0 Å². The van der Waals surface area contributed by atoms with Crippen molar-refractivity contribution in [3.63, 3.8) is 0 Å². The van der Waals surface area contributed by atoms with Crippen LogP contribution in [0.15, 0.2) is 39.5 Å². The molecule has 0 amide bonds. The zero-order chi connectivity index (χ0) is 31.3. The number of esters is 1. The number of benzene rings is 2. The first kappa shape index (κ1) is 30.7. The van der Waals surface area contributed by atoms with Gasteiger partial charge in [-0.05, 0) is 24.3 Å². The topological polar surface area (TPSA) is 257 Å². The maximum atomic E-state index is 13.5.